The van der Waals surface area contributed by atoms with Crippen molar-refractivity contribution < 1.29 is 27.8 Å². The maximum absolute atomic E-state index is 12.8. The molecule has 0 spiro atoms. The van der Waals surface area contributed by atoms with Gasteiger partial charge in [-0.2, -0.15) is 13.2 Å². The van der Waals surface area contributed by atoms with Crippen LogP contribution in [0, 0.1) is 11.3 Å². The van der Waals surface area contributed by atoms with Crippen LogP contribution in [0.25, 0.3) is 0 Å². The molecule has 1 aromatic rings. The van der Waals surface area contributed by atoms with E-state index in [9.17, 15) is 23.1 Å². The van der Waals surface area contributed by atoms with Crippen molar-refractivity contribution in [3.63, 3.8) is 0 Å². The van der Waals surface area contributed by atoms with Crippen LogP contribution in [0.4, 0.5) is 13.2 Å². The molecule has 1 aromatic carbocycles. The molecule has 0 aromatic heterocycles. The average Bonchev–Trinajstić information content (AvgIpc) is 2.86. The number of ether oxygens (including phenoxy) is 1. The maximum Gasteiger partial charge on any atom is 0.416 e. The van der Waals surface area contributed by atoms with E-state index in [1.165, 1.54) is 6.07 Å². The number of likely N-dealkylation sites (tertiary alicyclic amines) is 1. The van der Waals surface area contributed by atoms with Crippen molar-refractivity contribution in [3.8, 4) is 0 Å². The van der Waals surface area contributed by atoms with E-state index < -0.39 is 23.1 Å². The first-order chi connectivity index (χ1) is 10.8. The van der Waals surface area contributed by atoms with Gasteiger partial charge in [0.25, 0.3) is 0 Å². The third kappa shape index (κ3) is 3.07. The van der Waals surface area contributed by atoms with E-state index in [0.717, 1.165) is 12.1 Å². The van der Waals surface area contributed by atoms with Gasteiger partial charge in [0.1, 0.15) is 5.41 Å². The van der Waals surface area contributed by atoms with Gasteiger partial charge in [-0.15, -0.1) is 0 Å². The summed E-state index contributed by atoms with van der Waals surface area (Å²) >= 11 is 0. The summed E-state index contributed by atoms with van der Waals surface area (Å²) < 4.78 is 43.7. The highest BCUT2D eigenvalue weighted by molar-refractivity contribution is 5.76. The zero-order valence-electron chi connectivity index (χ0n) is 12.5. The minimum absolute atomic E-state index is 0.0143. The van der Waals surface area contributed by atoms with Crippen LogP contribution >= 0.6 is 0 Å². The Morgan fingerprint density at radius 3 is 2.87 bits per heavy atom. The molecule has 0 unspecified atom stereocenters. The molecule has 2 saturated heterocycles. The van der Waals surface area contributed by atoms with Crippen molar-refractivity contribution in [1.29, 1.82) is 0 Å². The predicted molar refractivity (Wildman–Crippen MR) is 75.7 cm³/mol. The van der Waals surface area contributed by atoms with Crippen LogP contribution in [-0.2, 0) is 22.3 Å². The number of halogens is 3. The minimum Gasteiger partial charge on any atom is -0.481 e. The van der Waals surface area contributed by atoms with Gasteiger partial charge in [0.2, 0.25) is 0 Å². The van der Waals surface area contributed by atoms with E-state index in [0.29, 0.717) is 38.2 Å². The normalized spacial score (nSPS) is 28.6. The monoisotopic (exact) mass is 329 g/mol. The van der Waals surface area contributed by atoms with Gasteiger partial charge in [0, 0.05) is 26.2 Å². The van der Waals surface area contributed by atoms with Gasteiger partial charge in [-0.1, -0.05) is 18.2 Å². The van der Waals surface area contributed by atoms with E-state index in [1.807, 2.05) is 4.90 Å². The zero-order valence-corrected chi connectivity index (χ0v) is 12.5. The molecule has 0 radical (unpaired) electrons. The molecular weight excluding hydrogens is 311 g/mol. The Hall–Kier alpha value is -1.60. The molecule has 2 fully saturated rings. The molecule has 1 N–H and O–H groups in total. The van der Waals surface area contributed by atoms with Gasteiger partial charge < -0.3 is 9.84 Å². The molecule has 0 amide bonds. The van der Waals surface area contributed by atoms with E-state index >= 15 is 0 Å². The summed E-state index contributed by atoms with van der Waals surface area (Å²) in [6.45, 7) is 1.91. The van der Waals surface area contributed by atoms with E-state index in [1.54, 1.807) is 6.07 Å². The highest BCUT2D eigenvalue weighted by Gasteiger charge is 2.53. The molecule has 0 aliphatic carbocycles. The SMILES string of the molecule is O=C(O)[C@]12COCC[C@H]1CN(Cc1cccc(C(F)(F)F)c1)C2. The lowest BCUT2D eigenvalue weighted by Crippen LogP contribution is -2.46. The van der Waals surface area contributed by atoms with E-state index in [-0.39, 0.29) is 12.5 Å². The van der Waals surface area contributed by atoms with Crippen LogP contribution in [0.5, 0.6) is 0 Å². The molecule has 4 nitrogen and oxygen atoms in total. The number of nitrogens with zero attached hydrogens (tertiary/aromatic N) is 1. The lowest BCUT2D eigenvalue weighted by molar-refractivity contribution is -0.159. The summed E-state index contributed by atoms with van der Waals surface area (Å²) in [5.74, 6) is -0.895. The number of fused-ring (bicyclic) bond motifs is 1. The maximum atomic E-state index is 12.8. The smallest absolute Gasteiger partial charge is 0.416 e. The van der Waals surface area contributed by atoms with Crippen molar-refractivity contribution in [2.24, 2.45) is 11.3 Å². The number of carboxylic acid groups (broad SMARTS) is 1. The highest BCUT2D eigenvalue weighted by atomic mass is 19.4. The van der Waals surface area contributed by atoms with Crippen LogP contribution in [0.2, 0.25) is 0 Å². The molecule has 3 rings (SSSR count). The minimum atomic E-state index is -4.37. The number of alkyl halides is 3. The summed E-state index contributed by atoms with van der Waals surface area (Å²) in [4.78, 5) is 13.6. The van der Waals surface area contributed by atoms with E-state index in [2.05, 4.69) is 0 Å². The first-order valence-corrected chi connectivity index (χ1v) is 7.51. The topological polar surface area (TPSA) is 49.8 Å². The average molecular weight is 329 g/mol. The van der Waals surface area contributed by atoms with Crippen molar-refractivity contribution >= 4 is 5.97 Å². The molecular formula is C16H18F3NO3. The number of rotatable bonds is 3. The van der Waals surface area contributed by atoms with Crippen LogP contribution < -0.4 is 0 Å². The molecule has 23 heavy (non-hydrogen) atoms. The van der Waals surface area contributed by atoms with E-state index in [4.69, 9.17) is 4.74 Å². The van der Waals surface area contributed by atoms with Gasteiger partial charge >= 0.3 is 12.1 Å². The van der Waals surface area contributed by atoms with Crippen LogP contribution in [0.15, 0.2) is 24.3 Å². The number of carboxylic acids is 1. The Morgan fingerprint density at radius 1 is 1.43 bits per heavy atom. The fourth-order valence-electron chi connectivity index (χ4n) is 3.62. The molecule has 7 heteroatoms. The molecule has 0 bridgehead atoms. The summed E-state index contributed by atoms with van der Waals surface area (Å²) in [5.41, 5.74) is -1.07. The summed E-state index contributed by atoms with van der Waals surface area (Å²) in [5, 5.41) is 9.58. The van der Waals surface area contributed by atoms with Crippen molar-refractivity contribution in [2.75, 3.05) is 26.3 Å². The van der Waals surface area contributed by atoms with Gasteiger partial charge in [-0.25, -0.2) is 0 Å². The molecule has 2 aliphatic rings. The lowest BCUT2D eigenvalue weighted by atomic mass is 9.76. The van der Waals surface area contributed by atoms with Gasteiger partial charge in [0.15, 0.2) is 0 Å². The summed E-state index contributed by atoms with van der Waals surface area (Å²) in [6, 6.07) is 5.20. The Balaban J connectivity index is 1.76. The quantitative estimate of drug-likeness (QED) is 0.926. The largest absolute Gasteiger partial charge is 0.481 e. The Bertz CT molecular complexity index is 604. The fraction of sp³-hybridized carbons (Fsp3) is 0.562. The Labute approximate surface area is 131 Å². The second-order valence-corrected chi connectivity index (χ2v) is 6.37. The number of hydrogen-bond acceptors (Lipinski definition) is 3. The zero-order chi connectivity index (χ0) is 16.7. The van der Waals surface area contributed by atoms with Gasteiger partial charge in [-0.3, -0.25) is 9.69 Å². The number of aliphatic carboxylic acids is 1. The third-order valence-electron chi connectivity index (χ3n) is 4.82. The number of hydrogen-bond donors (Lipinski definition) is 1. The predicted octanol–water partition coefficient (Wildman–Crippen LogP) is 2.63. The molecule has 126 valence electrons. The molecule has 0 saturated carbocycles. The highest BCUT2D eigenvalue weighted by Crippen LogP contribution is 2.42. The van der Waals surface area contributed by atoms with Crippen molar-refractivity contribution in [1.82, 2.24) is 4.90 Å². The lowest BCUT2D eigenvalue weighted by Gasteiger charge is -2.34. The first kappa shape index (κ1) is 16.3. The second kappa shape index (κ2) is 5.79. The molecule has 2 aliphatic heterocycles. The fourth-order valence-corrected chi connectivity index (χ4v) is 3.62. The third-order valence-corrected chi connectivity index (χ3v) is 4.82. The van der Waals surface area contributed by atoms with Crippen LogP contribution in [-0.4, -0.2) is 42.3 Å². The molecule has 2 atom stereocenters. The second-order valence-electron chi connectivity index (χ2n) is 6.37. The molecule has 2 heterocycles. The van der Waals surface area contributed by atoms with Crippen LogP contribution in [0.1, 0.15) is 17.5 Å². The number of carbonyl (C=O) groups is 1. The Morgan fingerprint density at radius 2 is 2.22 bits per heavy atom. The van der Waals surface area contributed by atoms with Crippen molar-refractivity contribution in [2.45, 2.75) is 19.1 Å². The summed E-state index contributed by atoms with van der Waals surface area (Å²) in [6.07, 6.45) is -3.70. The number of benzene rings is 1. The van der Waals surface area contributed by atoms with Gasteiger partial charge in [0.05, 0.1) is 12.2 Å². The Kier molecular flexibility index (Phi) is 4.10. The standard InChI is InChI=1S/C16H18F3NO3/c17-16(18,19)12-3-1-2-11(6-12)7-20-8-13-4-5-23-10-15(13,9-20)14(21)22/h1-3,6,13H,4-5,7-10H2,(H,21,22)/t13-,15+/m0/s1. The first-order valence-electron chi connectivity index (χ1n) is 7.51. The van der Waals surface area contributed by atoms with Crippen molar-refractivity contribution in [3.05, 3.63) is 35.4 Å². The van der Waals surface area contributed by atoms with Gasteiger partial charge in [-0.05, 0) is 24.0 Å². The van der Waals surface area contributed by atoms with Crippen LogP contribution in [0.3, 0.4) is 0 Å². The summed E-state index contributed by atoms with van der Waals surface area (Å²) in [7, 11) is 0.